The largest absolute Gasteiger partial charge is 0.497 e. The van der Waals surface area contributed by atoms with Crippen LogP contribution in [0.1, 0.15) is 12.1 Å². The van der Waals surface area contributed by atoms with E-state index >= 15 is 0 Å². The number of carbonyl (C=O) groups is 1. The van der Waals surface area contributed by atoms with E-state index in [4.69, 9.17) is 9.47 Å². The molecule has 0 bridgehead atoms. The molecule has 2 aromatic heterocycles. The maximum atomic E-state index is 12.5. The van der Waals surface area contributed by atoms with E-state index in [-0.39, 0.29) is 18.1 Å². The molecule has 1 fully saturated rings. The maximum absolute atomic E-state index is 12.5. The van der Waals surface area contributed by atoms with Crippen LogP contribution in [0.25, 0.3) is 10.9 Å². The van der Waals surface area contributed by atoms with Crippen molar-refractivity contribution < 1.29 is 14.3 Å². The number of likely N-dealkylation sites (tertiary alicyclic amines) is 1. The molecule has 1 aromatic carbocycles. The van der Waals surface area contributed by atoms with Crippen molar-refractivity contribution in [3.05, 3.63) is 58.5 Å². The Labute approximate surface area is 197 Å². The highest BCUT2D eigenvalue weighted by molar-refractivity contribution is 5.94. The normalized spacial score (nSPS) is 17.9. The molecule has 178 valence electrons. The van der Waals surface area contributed by atoms with Gasteiger partial charge in [0.05, 0.1) is 18.3 Å². The number of nitrogens with zero attached hydrogens (tertiary/aromatic N) is 3. The van der Waals surface area contributed by atoms with Crippen LogP contribution in [0.3, 0.4) is 0 Å². The van der Waals surface area contributed by atoms with Crippen LogP contribution >= 0.6 is 0 Å². The van der Waals surface area contributed by atoms with E-state index in [1.165, 1.54) is 0 Å². The van der Waals surface area contributed by atoms with E-state index in [1.54, 1.807) is 13.2 Å². The van der Waals surface area contributed by atoms with Gasteiger partial charge in [0.25, 0.3) is 11.5 Å². The summed E-state index contributed by atoms with van der Waals surface area (Å²) in [5, 5.41) is 7.27. The topological polar surface area (TPSA) is 97.7 Å². The van der Waals surface area contributed by atoms with Crippen LogP contribution < -0.4 is 25.7 Å². The number of ether oxygens (including phenoxy) is 2. The van der Waals surface area contributed by atoms with Gasteiger partial charge < -0.3 is 29.6 Å². The third-order valence-corrected chi connectivity index (χ3v) is 6.48. The summed E-state index contributed by atoms with van der Waals surface area (Å²) in [6.45, 7) is 5.06. The number of methoxy groups -OCH3 is 1. The van der Waals surface area contributed by atoms with Crippen LogP contribution in [0, 0.1) is 5.92 Å². The second kappa shape index (κ2) is 9.82. The van der Waals surface area contributed by atoms with E-state index in [9.17, 15) is 9.59 Å². The van der Waals surface area contributed by atoms with Gasteiger partial charge in [-0.3, -0.25) is 9.59 Å². The zero-order chi connectivity index (χ0) is 23.5. The molecule has 9 nitrogen and oxygen atoms in total. The first kappa shape index (κ1) is 22.4. The fraction of sp³-hybridized carbons (Fsp3) is 0.400. The molecule has 0 spiro atoms. The number of fused-ring (bicyclic) bond motifs is 2. The standard InChI is InChI=1S/C25H29N5O4/c1-33-20-5-2-18-3-7-24(32)30(21(18)12-20)11-10-29-9-8-17(15-29)13-26-14-19-4-6-22-25(27-19)28-23(31)16-34-22/h2-7,12,17,26H,8-11,13-16H2,1H3,(H,27,28,31)/t17-/m1/s1. The Bertz CT molecular complexity index is 1260. The van der Waals surface area contributed by atoms with Gasteiger partial charge in [-0.25, -0.2) is 4.98 Å². The van der Waals surface area contributed by atoms with Crippen molar-refractivity contribution in [2.75, 3.05) is 45.2 Å². The summed E-state index contributed by atoms with van der Waals surface area (Å²) in [7, 11) is 1.64. The number of hydrogen-bond acceptors (Lipinski definition) is 7. The Balaban J connectivity index is 1.13. The summed E-state index contributed by atoms with van der Waals surface area (Å²) in [6.07, 6.45) is 1.12. The quantitative estimate of drug-likeness (QED) is 0.526. The van der Waals surface area contributed by atoms with Crippen molar-refractivity contribution in [1.82, 2.24) is 19.8 Å². The molecule has 0 aliphatic carbocycles. The Morgan fingerprint density at radius 1 is 1.18 bits per heavy atom. The molecular weight excluding hydrogens is 434 g/mol. The summed E-state index contributed by atoms with van der Waals surface area (Å²) in [4.78, 5) is 30.9. The highest BCUT2D eigenvalue weighted by Crippen LogP contribution is 2.25. The summed E-state index contributed by atoms with van der Waals surface area (Å²) in [5.74, 6) is 2.22. The lowest BCUT2D eigenvalue weighted by molar-refractivity contribution is -0.118. The number of rotatable bonds is 8. The van der Waals surface area contributed by atoms with Crippen LogP contribution in [-0.4, -0.2) is 60.3 Å². The number of aromatic nitrogens is 2. The number of nitrogens with one attached hydrogen (secondary N) is 2. The van der Waals surface area contributed by atoms with Gasteiger partial charge in [0.15, 0.2) is 18.2 Å². The minimum absolute atomic E-state index is 0.0114. The Morgan fingerprint density at radius 3 is 2.94 bits per heavy atom. The number of hydrogen-bond donors (Lipinski definition) is 2. The molecule has 1 saturated heterocycles. The number of carbonyl (C=O) groups excluding carboxylic acids is 1. The zero-order valence-corrected chi connectivity index (χ0v) is 19.3. The van der Waals surface area contributed by atoms with Crippen molar-refractivity contribution in [1.29, 1.82) is 0 Å². The predicted octanol–water partition coefficient (Wildman–Crippen LogP) is 1.85. The van der Waals surface area contributed by atoms with Crippen molar-refractivity contribution in [3.63, 3.8) is 0 Å². The molecule has 34 heavy (non-hydrogen) atoms. The SMILES string of the molecule is COc1ccc2ccc(=O)n(CCN3CC[C@H](CNCc4ccc5c(n4)NC(=O)CO5)C3)c2c1. The number of amides is 1. The third kappa shape index (κ3) is 4.90. The van der Waals surface area contributed by atoms with Crippen molar-refractivity contribution >= 4 is 22.6 Å². The molecule has 1 atom stereocenters. The lowest BCUT2D eigenvalue weighted by Gasteiger charge is -2.19. The number of pyridine rings is 2. The van der Waals surface area contributed by atoms with Crippen LogP contribution in [0.5, 0.6) is 11.5 Å². The van der Waals surface area contributed by atoms with Crippen molar-refractivity contribution in [2.24, 2.45) is 5.92 Å². The first-order chi connectivity index (χ1) is 16.6. The molecule has 0 saturated carbocycles. The molecule has 3 aromatic rings. The first-order valence-corrected chi connectivity index (χ1v) is 11.6. The van der Waals surface area contributed by atoms with Crippen LogP contribution in [-0.2, 0) is 17.9 Å². The van der Waals surface area contributed by atoms with Gasteiger partial charge in [0.1, 0.15) is 5.75 Å². The molecule has 0 unspecified atom stereocenters. The van der Waals surface area contributed by atoms with Crippen LogP contribution in [0.15, 0.2) is 47.3 Å². The summed E-state index contributed by atoms with van der Waals surface area (Å²) >= 11 is 0. The fourth-order valence-corrected chi connectivity index (χ4v) is 4.66. The highest BCUT2D eigenvalue weighted by Gasteiger charge is 2.22. The van der Waals surface area contributed by atoms with Gasteiger partial charge in [0, 0.05) is 38.3 Å². The minimum Gasteiger partial charge on any atom is -0.497 e. The lowest BCUT2D eigenvalue weighted by Crippen LogP contribution is -2.31. The van der Waals surface area contributed by atoms with Gasteiger partial charge >= 0.3 is 0 Å². The Morgan fingerprint density at radius 2 is 2.06 bits per heavy atom. The molecule has 1 amide bonds. The van der Waals surface area contributed by atoms with E-state index < -0.39 is 0 Å². The van der Waals surface area contributed by atoms with E-state index in [2.05, 4.69) is 20.5 Å². The van der Waals surface area contributed by atoms with Crippen LogP contribution in [0.4, 0.5) is 5.82 Å². The second-order valence-electron chi connectivity index (χ2n) is 8.82. The molecule has 2 N–H and O–H groups in total. The van der Waals surface area contributed by atoms with Gasteiger partial charge in [-0.05, 0) is 61.1 Å². The average molecular weight is 464 g/mol. The number of anilines is 1. The van der Waals surface area contributed by atoms with Gasteiger partial charge in [0.2, 0.25) is 0 Å². The minimum atomic E-state index is -0.180. The van der Waals surface area contributed by atoms with Gasteiger partial charge in [-0.15, -0.1) is 0 Å². The van der Waals surface area contributed by atoms with Crippen molar-refractivity contribution in [3.8, 4) is 11.5 Å². The molecule has 2 aliphatic heterocycles. The molecule has 2 aliphatic rings. The van der Waals surface area contributed by atoms with E-state index in [1.807, 2.05) is 41.0 Å². The monoisotopic (exact) mass is 463 g/mol. The molecule has 0 radical (unpaired) electrons. The molecule has 4 heterocycles. The Kier molecular flexibility index (Phi) is 6.46. The zero-order valence-electron chi connectivity index (χ0n) is 19.3. The predicted molar refractivity (Wildman–Crippen MR) is 129 cm³/mol. The second-order valence-corrected chi connectivity index (χ2v) is 8.82. The van der Waals surface area contributed by atoms with Gasteiger partial charge in [-0.2, -0.15) is 0 Å². The first-order valence-electron chi connectivity index (χ1n) is 11.6. The van der Waals surface area contributed by atoms with E-state index in [0.29, 0.717) is 30.6 Å². The van der Waals surface area contributed by atoms with Crippen LogP contribution in [0.2, 0.25) is 0 Å². The van der Waals surface area contributed by atoms with Gasteiger partial charge in [-0.1, -0.05) is 0 Å². The smallest absolute Gasteiger partial charge is 0.263 e. The molecule has 9 heteroatoms. The molecule has 5 rings (SSSR count). The third-order valence-electron chi connectivity index (χ3n) is 6.48. The summed E-state index contributed by atoms with van der Waals surface area (Å²) in [6, 6.07) is 13.1. The number of benzene rings is 1. The Hall–Kier alpha value is -3.43. The maximum Gasteiger partial charge on any atom is 0.263 e. The lowest BCUT2D eigenvalue weighted by atomic mass is 10.1. The average Bonchev–Trinajstić information content (AvgIpc) is 3.30. The fourth-order valence-electron chi connectivity index (χ4n) is 4.66. The summed E-state index contributed by atoms with van der Waals surface area (Å²) < 4.78 is 12.5. The summed E-state index contributed by atoms with van der Waals surface area (Å²) in [5.41, 5.74) is 1.78. The van der Waals surface area contributed by atoms with Crippen molar-refractivity contribution in [2.45, 2.75) is 19.5 Å². The molecular formula is C25H29N5O4. The van der Waals surface area contributed by atoms with E-state index in [0.717, 1.165) is 54.9 Å². The highest BCUT2D eigenvalue weighted by atomic mass is 16.5.